The van der Waals surface area contributed by atoms with Gasteiger partial charge in [-0.1, -0.05) is 23.8 Å². The minimum Gasteiger partial charge on any atom is -0.506 e. The van der Waals surface area contributed by atoms with Gasteiger partial charge in [-0.3, -0.25) is 9.59 Å². The van der Waals surface area contributed by atoms with E-state index in [1.807, 2.05) is 46.8 Å². The molecular weight excluding hydrogens is 612 g/mol. The van der Waals surface area contributed by atoms with Gasteiger partial charge in [0.1, 0.15) is 39.9 Å². The summed E-state index contributed by atoms with van der Waals surface area (Å²) in [5.41, 5.74) is -0.163. The van der Waals surface area contributed by atoms with E-state index in [2.05, 4.69) is 19.9 Å². The lowest BCUT2D eigenvalue weighted by Gasteiger charge is -2.45. The fourth-order valence-corrected chi connectivity index (χ4v) is 8.93. The van der Waals surface area contributed by atoms with E-state index in [9.17, 15) is 24.6 Å². The maximum atomic E-state index is 14.7. The molecule has 9 heteroatoms. The normalized spacial score (nSPS) is 34.6. The number of hydrogen-bond donors (Lipinski definition) is 2. The lowest BCUT2D eigenvalue weighted by Crippen LogP contribution is -2.57. The number of Topliss-reactive ketones (excluding diaryl/α,β-unsaturated/α-hetero) is 2. The van der Waals surface area contributed by atoms with Crippen molar-refractivity contribution in [1.29, 1.82) is 0 Å². The zero-order chi connectivity index (χ0) is 34.7. The molecule has 1 spiro atoms. The highest BCUT2D eigenvalue weighted by molar-refractivity contribution is 6.17. The van der Waals surface area contributed by atoms with Gasteiger partial charge < -0.3 is 29.2 Å². The molecule has 3 fully saturated rings. The third-order valence-corrected chi connectivity index (χ3v) is 11.6. The first-order valence-corrected chi connectivity index (χ1v) is 17.1. The van der Waals surface area contributed by atoms with Crippen molar-refractivity contribution < 1.29 is 43.5 Å². The summed E-state index contributed by atoms with van der Waals surface area (Å²) in [5, 5.41) is 21.4. The van der Waals surface area contributed by atoms with E-state index < -0.39 is 40.7 Å². The van der Waals surface area contributed by atoms with Crippen molar-refractivity contribution in [2.45, 2.75) is 123 Å². The zero-order valence-corrected chi connectivity index (χ0v) is 29.1. The average molecular weight is 659 g/mol. The second-order valence-corrected chi connectivity index (χ2v) is 16.0. The number of epoxide rings is 1. The largest absolute Gasteiger partial charge is 0.506 e. The van der Waals surface area contributed by atoms with E-state index in [-0.39, 0.29) is 58.2 Å². The Morgan fingerprint density at radius 1 is 1.00 bits per heavy atom. The number of phenolic OH excluding ortho intramolecular Hbond substituents is 1. The molecule has 4 heterocycles. The molecular formula is C39H46O9. The summed E-state index contributed by atoms with van der Waals surface area (Å²) in [4.78, 5) is 40.8. The molecule has 256 valence electrons. The molecule has 1 aromatic rings. The second kappa shape index (κ2) is 10.7. The van der Waals surface area contributed by atoms with Gasteiger partial charge in [0.25, 0.3) is 0 Å². The summed E-state index contributed by atoms with van der Waals surface area (Å²) in [6.07, 6.45) is 9.97. The van der Waals surface area contributed by atoms with Crippen LogP contribution in [0.3, 0.4) is 0 Å². The molecule has 2 aliphatic carbocycles. The summed E-state index contributed by atoms with van der Waals surface area (Å²) >= 11 is 0. The van der Waals surface area contributed by atoms with E-state index >= 15 is 0 Å². The summed E-state index contributed by atoms with van der Waals surface area (Å²) < 4.78 is 26.4. The van der Waals surface area contributed by atoms with Gasteiger partial charge in [-0.2, -0.15) is 0 Å². The van der Waals surface area contributed by atoms with Crippen LogP contribution in [0.25, 0.3) is 6.08 Å². The molecule has 2 N–H and O–H groups in total. The predicted molar refractivity (Wildman–Crippen MR) is 178 cm³/mol. The Hall–Kier alpha value is -3.69. The van der Waals surface area contributed by atoms with Gasteiger partial charge in [0.2, 0.25) is 0 Å². The van der Waals surface area contributed by atoms with Crippen molar-refractivity contribution in [2.75, 3.05) is 0 Å². The molecule has 7 atom stereocenters. The molecule has 9 nitrogen and oxygen atoms in total. The summed E-state index contributed by atoms with van der Waals surface area (Å²) in [7, 11) is 0. The molecule has 0 aromatic heterocycles. The predicted octanol–water partition coefficient (Wildman–Crippen LogP) is 6.70. The maximum Gasteiger partial charge on any atom is 0.330 e. The number of hydrogen-bond acceptors (Lipinski definition) is 8. The Labute approximate surface area is 281 Å². The van der Waals surface area contributed by atoms with Crippen molar-refractivity contribution in [1.82, 2.24) is 0 Å². The number of carbonyl (C=O) groups excluding carboxylic acids is 2. The lowest BCUT2D eigenvalue weighted by molar-refractivity contribution is -0.139. The smallest absolute Gasteiger partial charge is 0.330 e. The van der Waals surface area contributed by atoms with Crippen LogP contribution in [0.4, 0.5) is 0 Å². The van der Waals surface area contributed by atoms with Crippen LogP contribution in [0.1, 0.15) is 103 Å². The number of ketones is 2. The van der Waals surface area contributed by atoms with Crippen molar-refractivity contribution in [3.8, 4) is 17.2 Å². The van der Waals surface area contributed by atoms with E-state index in [1.54, 1.807) is 12.2 Å². The van der Waals surface area contributed by atoms with Crippen molar-refractivity contribution >= 4 is 23.6 Å². The van der Waals surface area contributed by atoms with Crippen molar-refractivity contribution in [2.24, 2.45) is 17.3 Å². The molecule has 2 bridgehead atoms. The molecule has 0 amide bonds. The van der Waals surface area contributed by atoms with Crippen molar-refractivity contribution in [3.63, 3.8) is 0 Å². The molecule has 48 heavy (non-hydrogen) atoms. The van der Waals surface area contributed by atoms with Gasteiger partial charge in [0.15, 0.2) is 11.6 Å². The number of rotatable bonds is 8. The maximum absolute atomic E-state index is 14.7. The molecule has 7 rings (SSSR count). The van der Waals surface area contributed by atoms with E-state index in [1.165, 1.54) is 12.5 Å². The minimum absolute atomic E-state index is 0.0455. The summed E-state index contributed by atoms with van der Waals surface area (Å²) in [5.74, 6) is -1.77. The van der Waals surface area contributed by atoms with Crippen LogP contribution in [0, 0.1) is 17.3 Å². The Bertz CT molecular complexity index is 1770. The van der Waals surface area contributed by atoms with Gasteiger partial charge in [-0.25, -0.2) is 4.79 Å². The third kappa shape index (κ3) is 4.75. The van der Waals surface area contributed by atoms with Gasteiger partial charge >= 0.3 is 5.97 Å². The van der Waals surface area contributed by atoms with Gasteiger partial charge in [0.05, 0.1) is 29.0 Å². The second-order valence-electron chi connectivity index (χ2n) is 16.0. The molecule has 2 saturated heterocycles. The van der Waals surface area contributed by atoms with Gasteiger partial charge in [-0.05, 0) is 93.2 Å². The number of carboxylic acid groups (broad SMARTS) is 1. The third-order valence-electron chi connectivity index (χ3n) is 11.6. The molecule has 6 aliphatic rings. The fraction of sp³-hybridized carbons (Fsp3) is 0.564. The van der Waals surface area contributed by atoms with Gasteiger partial charge in [0, 0.05) is 35.0 Å². The van der Waals surface area contributed by atoms with Crippen molar-refractivity contribution in [3.05, 3.63) is 57.7 Å². The first-order valence-electron chi connectivity index (χ1n) is 17.1. The number of benzene rings is 1. The molecule has 4 aliphatic heterocycles. The number of ether oxygens (including phenoxy) is 4. The molecule has 1 aromatic carbocycles. The molecule has 4 unspecified atom stereocenters. The SMILES string of the molecule is CC(C)=CCC[C@@]1(C)C=Cc2c(O)c3c(c(CC4OC4(C)C)c2O1)OC1C(=CC2CC4C(C)(C)O[C@H](C/C=C(/C)C(=O)O)[C@]14C2=O)C3=O. The van der Waals surface area contributed by atoms with Crippen LogP contribution in [-0.2, 0) is 25.5 Å². The quantitative estimate of drug-likeness (QED) is 0.178. The minimum atomic E-state index is -1.22. The number of aromatic hydroxyl groups is 1. The highest BCUT2D eigenvalue weighted by atomic mass is 16.6. The number of carboxylic acids is 1. The van der Waals surface area contributed by atoms with Crippen LogP contribution in [0.15, 0.2) is 41.0 Å². The van der Waals surface area contributed by atoms with E-state index in [0.29, 0.717) is 41.7 Å². The van der Waals surface area contributed by atoms with Crippen LogP contribution in [0.5, 0.6) is 17.2 Å². The molecule has 1 saturated carbocycles. The standard InChI is InChI=1S/C39H46O9/c1-19(2)10-9-14-38(8)15-13-22-29(40)28-30(41)23-16-21-17-25-36(4,5)46-26(12-11-20(3)35(43)44)39(25,33(21)42)34(23)45-32(28)24(31(22)48-38)18-27-37(6,7)47-27/h10-11,13,15-16,21,25-27,34,40H,9,12,14,17-18H2,1-8H3,(H,43,44)/b20-11-/t21?,25?,26-,27?,34?,38+,39-/m1/s1. The highest BCUT2D eigenvalue weighted by Crippen LogP contribution is 2.66. The van der Waals surface area contributed by atoms with Gasteiger partial charge in [-0.15, -0.1) is 0 Å². The Morgan fingerprint density at radius 2 is 1.69 bits per heavy atom. The highest BCUT2D eigenvalue weighted by Gasteiger charge is 2.75. The number of phenols is 1. The Balaban J connectivity index is 1.38. The van der Waals surface area contributed by atoms with Crippen LogP contribution < -0.4 is 9.47 Å². The van der Waals surface area contributed by atoms with Crippen LogP contribution >= 0.6 is 0 Å². The molecule has 0 radical (unpaired) electrons. The summed E-state index contributed by atoms with van der Waals surface area (Å²) in [6, 6.07) is 0. The lowest BCUT2D eigenvalue weighted by atomic mass is 9.61. The Kier molecular flexibility index (Phi) is 7.29. The number of fused-ring (bicyclic) bond motifs is 4. The number of carbonyl (C=O) groups is 3. The van der Waals surface area contributed by atoms with Crippen LogP contribution in [-0.4, -0.2) is 62.9 Å². The monoisotopic (exact) mass is 658 g/mol. The summed E-state index contributed by atoms with van der Waals surface area (Å²) in [6.45, 7) is 15.6. The first-order chi connectivity index (χ1) is 22.4. The zero-order valence-electron chi connectivity index (χ0n) is 29.1. The number of aliphatic carboxylic acids is 1. The first kappa shape index (κ1) is 32.8. The van der Waals surface area contributed by atoms with E-state index in [0.717, 1.165) is 6.42 Å². The number of allylic oxidation sites excluding steroid dienone is 3. The topological polar surface area (TPSA) is 132 Å². The average Bonchev–Trinajstić information content (AvgIpc) is 3.46. The van der Waals surface area contributed by atoms with E-state index in [4.69, 9.17) is 18.9 Å². The fourth-order valence-electron chi connectivity index (χ4n) is 8.93. The Morgan fingerprint density at radius 3 is 2.33 bits per heavy atom. The van der Waals surface area contributed by atoms with Crippen LogP contribution in [0.2, 0.25) is 0 Å².